The second-order valence-corrected chi connectivity index (χ2v) is 6.24. The van der Waals surface area contributed by atoms with E-state index in [9.17, 15) is 4.79 Å². The van der Waals surface area contributed by atoms with Gasteiger partial charge in [0.15, 0.2) is 6.61 Å². The van der Waals surface area contributed by atoms with Crippen LogP contribution in [-0.4, -0.2) is 30.0 Å². The minimum atomic E-state index is 0.0730. The molecule has 0 radical (unpaired) electrons. The van der Waals surface area contributed by atoms with E-state index in [-0.39, 0.29) is 18.6 Å². The number of carbonyl (C=O) groups excluding carboxylic acids is 1. The van der Waals surface area contributed by atoms with Crippen LogP contribution in [0.15, 0.2) is 24.3 Å². The molecule has 21 heavy (non-hydrogen) atoms. The Labute approximate surface area is 127 Å². The van der Waals surface area contributed by atoms with Crippen molar-refractivity contribution in [3.05, 3.63) is 29.8 Å². The second-order valence-electron chi connectivity index (χ2n) is 6.24. The molecule has 1 heterocycles. The number of likely N-dealkylation sites (tertiary alicyclic amines) is 1. The van der Waals surface area contributed by atoms with Gasteiger partial charge in [-0.05, 0) is 42.9 Å². The molecule has 1 aliphatic heterocycles. The molecule has 116 valence electrons. The highest BCUT2D eigenvalue weighted by molar-refractivity contribution is 5.78. The normalized spacial score (nSPS) is 25.7. The zero-order valence-electron chi connectivity index (χ0n) is 13.2. The molecule has 4 heteroatoms. The molecule has 2 N–H and O–H groups in total. The van der Waals surface area contributed by atoms with Crippen LogP contribution < -0.4 is 10.5 Å². The van der Waals surface area contributed by atoms with Gasteiger partial charge in [0.1, 0.15) is 5.75 Å². The number of carbonyl (C=O) groups is 1. The van der Waals surface area contributed by atoms with Crippen molar-refractivity contribution >= 4 is 5.91 Å². The Hall–Kier alpha value is -1.55. The van der Waals surface area contributed by atoms with Gasteiger partial charge < -0.3 is 15.4 Å². The Morgan fingerprint density at radius 1 is 1.29 bits per heavy atom. The lowest BCUT2D eigenvalue weighted by molar-refractivity contribution is -0.139. The molecule has 1 amide bonds. The number of ether oxygens (including phenoxy) is 1. The van der Waals surface area contributed by atoms with Crippen molar-refractivity contribution in [3.63, 3.8) is 0 Å². The zero-order chi connectivity index (χ0) is 15.4. The maximum absolute atomic E-state index is 12.4. The first-order valence-electron chi connectivity index (χ1n) is 7.72. The van der Waals surface area contributed by atoms with Crippen LogP contribution in [0.25, 0.3) is 0 Å². The molecule has 4 nitrogen and oxygen atoms in total. The van der Waals surface area contributed by atoms with E-state index in [2.05, 4.69) is 20.8 Å². The van der Waals surface area contributed by atoms with Crippen LogP contribution in [0, 0.1) is 11.8 Å². The van der Waals surface area contributed by atoms with Crippen molar-refractivity contribution in [3.8, 4) is 5.75 Å². The standard InChI is InChI=1S/C17H26N2O2/c1-12-8-13(2)14(3)19(10-12)17(20)11-21-16-6-4-15(9-18)5-7-16/h4-7,12-14H,8-11,18H2,1-3H3. The van der Waals surface area contributed by atoms with E-state index in [0.717, 1.165) is 12.1 Å². The summed E-state index contributed by atoms with van der Waals surface area (Å²) < 4.78 is 5.61. The second kappa shape index (κ2) is 6.94. The van der Waals surface area contributed by atoms with Crippen LogP contribution in [0.1, 0.15) is 32.8 Å². The molecular weight excluding hydrogens is 264 g/mol. The molecule has 3 atom stereocenters. The van der Waals surface area contributed by atoms with Crippen LogP contribution in [-0.2, 0) is 11.3 Å². The van der Waals surface area contributed by atoms with E-state index in [1.54, 1.807) is 0 Å². The van der Waals surface area contributed by atoms with Gasteiger partial charge in [0.2, 0.25) is 0 Å². The predicted octanol–water partition coefficient (Wildman–Crippen LogP) is 2.42. The van der Waals surface area contributed by atoms with E-state index >= 15 is 0 Å². The molecule has 3 unspecified atom stereocenters. The first kappa shape index (κ1) is 15.8. The summed E-state index contributed by atoms with van der Waals surface area (Å²) in [6.07, 6.45) is 1.19. The highest BCUT2D eigenvalue weighted by Crippen LogP contribution is 2.27. The third kappa shape index (κ3) is 3.97. The van der Waals surface area contributed by atoms with Gasteiger partial charge in [0, 0.05) is 19.1 Å². The number of nitrogens with two attached hydrogens (primary N) is 1. The van der Waals surface area contributed by atoms with Crippen LogP contribution in [0.2, 0.25) is 0 Å². The minimum Gasteiger partial charge on any atom is -0.484 e. The largest absolute Gasteiger partial charge is 0.484 e. The summed E-state index contributed by atoms with van der Waals surface area (Å²) in [5.41, 5.74) is 6.62. The van der Waals surface area contributed by atoms with Crippen molar-refractivity contribution < 1.29 is 9.53 Å². The van der Waals surface area contributed by atoms with Crippen LogP contribution in [0.4, 0.5) is 0 Å². The highest BCUT2D eigenvalue weighted by Gasteiger charge is 2.31. The highest BCUT2D eigenvalue weighted by atomic mass is 16.5. The average Bonchev–Trinajstić information content (AvgIpc) is 2.49. The van der Waals surface area contributed by atoms with E-state index in [1.165, 1.54) is 6.42 Å². The molecule has 0 aliphatic carbocycles. The molecule has 2 rings (SSSR count). The first-order chi connectivity index (χ1) is 10.0. The molecule has 1 fully saturated rings. The third-order valence-corrected chi connectivity index (χ3v) is 4.44. The molecule has 1 aromatic carbocycles. The minimum absolute atomic E-state index is 0.0730. The number of piperidine rings is 1. The summed E-state index contributed by atoms with van der Waals surface area (Å²) in [7, 11) is 0. The SMILES string of the molecule is CC1CC(C)C(C)N(C(=O)COc2ccc(CN)cc2)C1. The Kier molecular flexibility index (Phi) is 5.23. The number of hydrogen-bond acceptors (Lipinski definition) is 3. The lowest BCUT2D eigenvalue weighted by atomic mass is 9.86. The quantitative estimate of drug-likeness (QED) is 0.926. The molecule has 0 saturated carbocycles. The van der Waals surface area contributed by atoms with Crippen molar-refractivity contribution in [2.45, 2.75) is 39.8 Å². The van der Waals surface area contributed by atoms with Gasteiger partial charge in [0.25, 0.3) is 5.91 Å². The summed E-state index contributed by atoms with van der Waals surface area (Å²) in [5, 5.41) is 0. The van der Waals surface area contributed by atoms with Gasteiger partial charge >= 0.3 is 0 Å². The van der Waals surface area contributed by atoms with Gasteiger partial charge in [-0.3, -0.25) is 4.79 Å². The summed E-state index contributed by atoms with van der Waals surface area (Å²) in [6.45, 7) is 8.00. The fourth-order valence-electron chi connectivity index (χ4n) is 2.99. The van der Waals surface area contributed by atoms with E-state index in [0.29, 0.717) is 24.1 Å². The van der Waals surface area contributed by atoms with Crippen molar-refractivity contribution in [1.29, 1.82) is 0 Å². The van der Waals surface area contributed by atoms with E-state index in [1.807, 2.05) is 29.2 Å². The lowest BCUT2D eigenvalue weighted by Gasteiger charge is -2.41. The van der Waals surface area contributed by atoms with E-state index < -0.39 is 0 Å². The molecular formula is C17H26N2O2. The summed E-state index contributed by atoms with van der Waals surface area (Å²) in [5.74, 6) is 1.89. The zero-order valence-corrected chi connectivity index (χ0v) is 13.2. The lowest BCUT2D eigenvalue weighted by Crippen LogP contribution is -2.50. The number of amides is 1. The van der Waals surface area contributed by atoms with Crippen LogP contribution >= 0.6 is 0 Å². The molecule has 1 aromatic rings. The van der Waals surface area contributed by atoms with Crippen molar-refractivity contribution in [2.75, 3.05) is 13.2 Å². The number of rotatable bonds is 4. The maximum Gasteiger partial charge on any atom is 0.260 e. The van der Waals surface area contributed by atoms with Crippen LogP contribution in [0.5, 0.6) is 5.75 Å². The van der Waals surface area contributed by atoms with Crippen molar-refractivity contribution in [2.24, 2.45) is 17.6 Å². The molecule has 0 bridgehead atoms. The van der Waals surface area contributed by atoms with Gasteiger partial charge in [-0.2, -0.15) is 0 Å². The Balaban J connectivity index is 1.91. The fraction of sp³-hybridized carbons (Fsp3) is 0.588. The summed E-state index contributed by atoms with van der Waals surface area (Å²) in [4.78, 5) is 14.3. The molecule has 0 spiro atoms. The Bertz CT molecular complexity index is 472. The summed E-state index contributed by atoms with van der Waals surface area (Å²) in [6, 6.07) is 7.86. The number of benzene rings is 1. The van der Waals surface area contributed by atoms with Gasteiger partial charge in [-0.1, -0.05) is 26.0 Å². The molecule has 1 saturated heterocycles. The average molecular weight is 290 g/mol. The Morgan fingerprint density at radius 3 is 2.57 bits per heavy atom. The monoisotopic (exact) mass is 290 g/mol. The smallest absolute Gasteiger partial charge is 0.260 e. The maximum atomic E-state index is 12.4. The van der Waals surface area contributed by atoms with Crippen LogP contribution in [0.3, 0.4) is 0 Å². The van der Waals surface area contributed by atoms with Gasteiger partial charge in [-0.15, -0.1) is 0 Å². The van der Waals surface area contributed by atoms with Crippen molar-refractivity contribution in [1.82, 2.24) is 4.90 Å². The fourth-order valence-corrected chi connectivity index (χ4v) is 2.99. The third-order valence-electron chi connectivity index (χ3n) is 4.44. The Morgan fingerprint density at radius 2 is 1.95 bits per heavy atom. The van der Waals surface area contributed by atoms with E-state index in [4.69, 9.17) is 10.5 Å². The predicted molar refractivity (Wildman–Crippen MR) is 83.9 cm³/mol. The molecule has 0 aromatic heterocycles. The number of hydrogen-bond donors (Lipinski definition) is 1. The topological polar surface area (TPSA) is 55.6 Å². The first-order valence-corrected chi connectivity index (χ1v) is 7.72. The van der Waals surface area contributed by atoms with Gasteiger partial charge in [-0.25, -0.2) is 0 Å². The molecule has 1 aliphatic rings. The van der Waals surface area contributed by atoms with Gasteiger partial charge in [0.05, 0.1) is 0 Å². The number of nitrogens with zero attached hydrogens (tertiary/aromatic N) is 1. The summed E-state index contributed by atoms with van der Waals surface area (Å²) >= 11 is 0.